The zero-order chi connectivity index (χ0) is 25.8. The quantitative estimate of drug-likeness (QED) is 0.418. The van der Waals surface area contributed by atoms with E-state index in [9.17, 15) is 0 Å². The van der Waals surface area contributed by atoms with Crippen LogP contribution in [0.5, 0.6) is 17.8 Å². The minimum Gasteiger partial charge on any atom is -0.481 e. The van der Waals surface area contributed by atoms with Crippen LogP contribution < -0.4 is 14.2 Å². The first kappa shape index (κ1) is 25.5. The van der Waals surface area contributed by atoms with Gasteiger partial charge in [-0.1, -0.05) is 60.7 Å². The van der Waals surface area contributed by atoms with E-state index in [1.165, 1.54) is 24.0 Å². The first-order valence-electron chi connectivity index (χ1n) is 13.3. The predicted molar refractivity (Wildman–Crippen MR) is 144 cm³/mol. The molecule has 2 unspecified atom stereocenters. The fourth-order valence-corrected chi connectivity index (χ4v) is 5.98. The number of hydrogen-bond acceptors (Lipinski definition) is 7. The van der Waals surface area contributed by atoms with Gasteiger partial charge < -0.3 is 14.2 Å². The molecule has 2 atom stereocenters. The molecule has 7 nitrogen and oxygen atoms in total. The van der Waals surface area contributed by atoms with Gasteiger partial charge >= 0.3 is 6.01 Å². The third-order valence-electron chi connectivity index (χ3n) is 7.48. The van der Waals surface area contributed by atoms with Crippen molar-refractivity contribution in [1.29, 1.82) is 0 Å². The molecule has 37 heavy (non-hydrogen) atoms. The molecule has 5 rings (SSSR count). The number of methoxy groups -OCH3 is 2. The summed E-state index contributed by atoms with van der Waals surface area (Å²) in [6.45, 7) is 7.75. The Labute approximate surface area is 220 Å². The fraction of sp³-hybridized carbons (Fsp3) is 0.467. The van der Waals surface area contributed by atoms with Crippen LogP contribution in [0.1, 0.15) is 49.3 Å². The molecular formula is C30H38N4O3. The molecule has 0 radical (unpaired) electrons. The van der Waals surface area contributed by atoms with Gasteiger partial charge in [-0.3, -0.25) is 9.80 Å². The molecule has 0 saturated carbocycles. The number of fused-ring (bicyclic) bond motifs is 1. The lowest BCUT2D eigenvalue weighted by Crippen LogP contribution is -2.57. The molecule has 0 N–H and O–H groups in total. The normalized spacial score (nSPS) is 20.3. The third kappa shape index (κ3) is 5.58. The molecule has 0 amide bonds. The summed E-state index contributed by atoms with van der Waals surface area (Å²) in [6.07, 6.45) is 2.43. The summed E-state index contributed by atoms with van der Waals surface area (Å²) in [5.74, 6) is 1.33. The largest absolute Gasteiger partial charge is 0.481 e. The number of rotatable bonds is 9. The monoisotopic (exact) mass is 502 g/mol. The van der Waals surface area contributed by atoms with Crippen molar-refractivity contribution in [3.05, 3.63) is 77.4 Å². The van der Waals surface area contributed by atoms with Gasteiger partial charge in [0.2, 0.25) is 11.8 Å². The third-order valence-corrected chi connectivity index (χ3v) is 7.48. The molecule has 2 aromatic carbocycles. The van der Waals surface area contributed by atoms with Crippen molar-refractivity contribution >= 4 is 0 Å². The summed E-state index contributed by atoms with van der Waals surface area (Å²) in [6, 6.07) is 23.0. The van der Waals surface area contributed by atoms with Crippen LogP contribution in [0.4, 0.5) is 0 Å². The zero-order valence-electron chi connectivity index (χ0n) is 22.3. The van der Waals surface area contributed by atoms with Gasteiger partial charge in [-0.25, -0.2) is 0 Å². The van der Waals surface area contributed by atoms with Crippen molar-refractivity contribution in [3.8, 4) is 17.8 Å². The SMILES string of the molecule is COc1nc(OC)c(CN2CC3CCCN3C(C(c3ccccc3)c3ccccc3)C2)c(OC(C)C)n1. The van der Waals surface area contributed by atoms with Gasteiger partial charge in [0.05, 0.1) is 25.9 Å². The van der Waals surface area contributed by atoms with Gasteiger partial charge in [0, 0.05) is 37.6 Å². The van der Waals surface area contributed by atoms with E-state index in [4.69, 9.17) is 14.2 Å². The molecule has 7 heteroatoms. The highest BCUT2D eigenvalue weighted by Gasteiger charge is 2.42. The van der Waals surface area contributed by atoms with E-state index in [0.29, 0.717) is 30.4 Å². The molecule has 2 aliphatic rings. The summed E-state index contributed by atoms with van der Waals surface area (Å²) in [7, 11) is 3.20. The van der Waals surface area contributed by atoms with Gasteiger partial charge in [0.15, 0.2) is 0 Å². The molecule has 1 aromatic heterocycles. The minimum absolute atomic E-state index is 0.0250. The first-order chi connectivity index (χ1) is 18.1. The maximum absolute atomic E-state index is 6.12. The zero-order valence-corrected chi connectivity index (χ0v) is 22.3. The van der Waals surface area contributed by atoms with Gasteiger partial charge in [0.1, 0.15) is 0 Å². The smallest absolute Gasteiger partial charge is 0.322 e. The standard InChI is InChI=1S/C30H38N4O3/c1-21(2)37-29-25(28(35-3)31-30(32-29)36-4)19-33-18-24-16-11-17-34(24)26(20-33)27(22-12-7-5-8-13-22)23-14-9-6-10-15-23/h5-10,12-15,21,24,26-27H,11,16-20H2,1-4H3. The first-order valence-corrected chi connectivity index (χ1v) is 13.3. The molecular weight excluding hydrogens is 464 g/mol. The van der Waals surface area contributed by atoms with Crippen molar-refractivity contribution in [3.63, 3.8) is 0 Å². The molecule has 2 saturated heterocycles. The lowest BCUT2D eigenvalue weighted by Gasteiger charge is -2.47. The van der Waals surface area contributed by atoms with Crippen molar-refractivity contribution in [2.75, 3.05) is 33.9 Å². The Morgan fingerprint density at radius 2 is 1.51 bits per heavy atom. The van der Waals surface area contributed by atoms with Crippen LogP contribution >= 0.6 is 0 Å². The van der Waals surface area contributed by atoms with Crippen molar-refractivity contribution in [2.24, 2.45) is 0 Å². The van der Waals surface area contributed by atoms with Crippen LogP contribution in [-0.2, 0) is 6.54 Å². The van der Waals surface area contributed by atoms with E-state index in [0.717, 1.165) is 25.2 Å². The average Bonchev–Trinajstić information content (AvgIpc) is 3.39. The summed E-state index contributed by atoms with van der Waals surface area (Å²) in [5, 5.41) is 0. The number of piperazine rings is 1. The topological polar surface area (TPSA) is 60.0 Å². The van der Waals surface area contributed by atoms with Crippen LogP contribution in [0, 0.1) is 0 Å². The molecule has 196 valence electrons. The highest BCUT2D eigenvalue weighted by atomic mass is 16.5. The second kappa shape index (κ2) is 11.5. The van der Waals surface area contributed by atoms with Gasteiger partial charge in [0.25, 0.3) is 0 Å². The molecule has 0 aliphatic carbocycles. The van der Waals surface area contributed by atoms with Crippen LogP contribution in [0.2, 0.25) is 0 Å². The summed E-state index contributed by atoms with van der Waals surface area (Å²) in [5.41, 5.74) is 3.60. The molecule has 3 aromatic rings. The summed E-state index contributed by atoms with van der Waals surface area (Å²) in [4.78, 5) is 14.3. The lowest BCUT2D eigenvalue weighted by atomic mass is 9.82. The number of ether oxygens (including phenoxy) is 3. The molecule has 3 heterocycles. The Morgan fingerprint density at radius 1 is 0.865 bits per heavy atom. The van der Waals surface area contributed by atoms with Crippen LogP contribution in [-0.4, -0.2) is 71.8 Å². The van der Waals surface area contributed by atoms with E-state index in [1.54, 1.807) is 14.2 Å². The number of aromatic nitrogens is 2. The van der Waals surface area contributed by atoms with Crippen LogP contribution in [0.15, 0.2) is 60.7 Å². The maximum atomic E-state index is 6.12. The summed E-state index contributed by atoms with van der Waals surface area (Å²) < 4.78 is 17.2. The highest BCUT2D eigenvalue weighted by molar-refractivity contribution is 5.38. The Bertz CT molecular complexity index is 1120. The van der Waals surface area contributed by atoms with Gasteiger partial charge in [-0.15, -0.1) is 0 Å². The molecule has 2 fully saturated rings. The number of nitrogens with zero attached hydrogens (tertiary/aromatic N) is 4. The number of hydrogen-bond donors (Lipinski definition) is 0. The van der Waals surface area contributed by atoms with E-state index >= 15 is 0 Å². The summed E-state index contributed by atoms with van der Waals surface area (Å²) >= 11 is 0. The maximum Gasteiger partial charge on any atom is 0.322 e. The van der Waals surface area contributed by atoms with Crippen molar-refractivity contribution in [1.82, 2.24) is 19.8 Å². The van der Waals surface area contributed by atoms with Gasteiger partial charge in [-0.05, 0) is 44.4 Å². The van der Waals surface area contributed by atoms with E-state index in [1.807, 2.05) is 13.8 Å². The van der Waals surface area contributed by atoms with Crippen molar-refractivity contribution < 1.29 is 14.2 Å². The van der Waals surface area contributed by atoms with E-state index in [-0.39, 0.29) is 18.0 Å². The Morgan fingerprint density at radius 3 is 2.11 bits per heavy atom. The molecule has 0 bridgehead atoms. The second-order valence-corrected chi connectivity index (χ2v) is 10.3. The minimum atomic E-state index is -0.0250. The Hall–Kier alpha value is -3.16. The second-order valence-electron chi connectivity index (χ2n) is 10.3. The van der Waals surface area contributed by atoms with Crippen LogP contribution in [0.3, 0.4) is 0 Å². The molecule has 0 spiro atoms. The fourth-order valence-electron chi connectivity index (χ4n) is 5.98. The number of benzene rings is 2. The Kier molecular flexibility index (Phi) is 7.91. The molecule has 2 aliphatic heterocycles. The highest BCUT2D eigenvalue weighted by Crippen LogP contribution is 2.39. The lowest BCUT2D eigenvalue weighted by molar-refractivity contribution is 0.0371. The average molecular weight is 503 g/mol. The predicted octanol–water partition coefficient (Wildman–Crippen LogP) is 4.76. The van der Waals surface area contributed by atoms with Crippen LogP contribution in [0.25, 0.3) is 0 Å². The van der Waals surface area contributed by atoms with E-state index < -0.39 is 0 Å². The van der Waals surface area contributed by atoms with Gasteiger partial charge in [-0.2, -0.15) is 9.97 Å². The van der Waals surface area contributed by atoms with E-state index in [2.05, 4.69) is 80.4 Å². The van der Waals surface area contributed by atoms with Crippen molar-refractivity contribution in [2.45, 2.75) is 57.3 Å². The Balaban J connectivity index is 1.51.